The third-order valence-corrected chi connectivity index (χ3v) is 3.61. The SMILES string of the molecule is Cc1ccccc1SCC(=O)c1cccnc1. The maximum Gasteiger partial charge on any atom is 0.174 e. The third kappa shape index (κ3) is 3.17. The summed E-state index contributed by atoms with van der Waals surface area (Å²) in [6.45, 7) is 2.05. The summed E-state index contributed by atoms with van der Waals surface area (Å²) in [6.07, 6.45) is 3.28. The first-order valence-electron chi connectivity index (χ1n) is 5.39. The van der Waals surface area contributed by atoms with Crippen molar-refractivity contribution in [2.75, 3.05) is 5.75 Å². The normalized spacial score (nSPS) is 10.2. The number of aromatic nitrogens is 1. The summed E-state index contributed by atoms with van der Waals surface area (Å²) in [5, 5.41) is 0. The zero-order valence-electron chi connectivity index (χ0n) is 9.59. The van der Waals surface area contributed by atoms with E-state index in [9.17, 15) is 4.79 Å². The molecule has 0 N–H and O–H groups in total. The molecule has 0 bridgehead atoms. The van der Waals surface area contributed by atoms with Crippen molar-refractivity contribution in [2.45, 2.75) is 11.8 Å². The fraction of sp³-hybridized carbons (Fsp3) is 0.143. The van der Waals surface area contributed by atoms with E-state index >= 15 is 0 Å². The Hall–Kier alpha value is -1.61. The lowest BCUT2D eigenvalue weighted by Crippen LogP contribution is -2.02. The highest BCUT2D eigenvalue weighted by molar-refractivity contribution is 8.00. The van der Waals surface area contributed by atoms with Gasteiger partial charge in [0, 0.05) is 22.9 Å². The Morgan fingerprint density at radius 1 is 1.24 bits per heavy atom. The minimum Gasteiger partial charge on any atom is -0.293 e. The molecule has 0 aliphatic carbocycles. The van der Waals surface area contributed by atoms with Gasteiger partial charge >= 0.3 is 0 Å². The number of benzene rings is 1. The van der Waals surface area contributed by atoms with Gasteiger partial charge in [-0.1, -0.05) is 18.2 Å². The van der Waals surface area contributed by atoms with Crippen molar-refractivity contribution in [3.63, 3.8) is 0 Å². The van der Waals surface area contributed by atoms with E-state index in [2.05, 4.69) is 18.0 Å². The van der Waals surface area contributed by atoms with Crippen LogP contribution in [0.15, 0.2) is 53.7 Å². The second-order valence-corrected chi connectivity index (χ2v) is 4.74. The third-order valence-electron chi connectivity index (χ3n) is 2.44. The average molecular weight is 243 g/mol. The van der Waals surface area contributed by atoms with E-state index in [1.807, 2.05) is 18.2 Å². The largest absolute Gasteiger partial charge is 0.293 e. The molecule has 0 radical (unpaired) electrons. The van der Waals surface area contributed by atoms with E-state index < -0.39 is 0 Å². The standard InChI is InChI=1S/C14H13NOS/c1-11-5-2-3-7-14(11)17-10-13(16)12-6-4-8-15-9-12/h2-9H,10H2,1H3. The molecule has 0 spiro atoms. The van der Waals surface area contributed by atoms with Gasteiger partial charge < -0.3 is 0 Å². The molecule has 0 aliphatic rings. The van der Waals surface area contributed by atoms with Gasteiger partial charge in [0.15, 0.2) is 5.78 Å². The van der Waals surface area contributed by atoms with Crippen LogP contribution < -0.4 is 0 Å². The van der Waals surface area contributed by atoms with Crippen molar-refractivity contribution < 1.29 is 4.79 Å². The number of ketones is 1. The predicted octanol–water partition coefficient (Wildman–Crippen LogP) is 3.37. The Labute approximate surface area is 105 Å². The van der Waals surface area contributed by atoms with E-state index in [-0.39, 0.29) is 5.78 Å². The van der Waals surface area contributed by atoms with Crippen molar-refractivity contribution >= 4 is 17.5 Å². The van der Waals surface area contributed by atoms with Crippen LogP contribution in [0.5, 0.6) is 0 Å². The fourth-order valence-corrected chi connectivity index (χ4v) is 2.40. The number of carbonyl (C=O) groups excluding carboxylic acids is 1. The number of nitrogens with zero attached hydrogens (tertiary/aromatic N) is 1. The topological polar surface area (TPSA) is 30.0 Å². The predicted molar refractivity (Wildman–Crippen MR) is 70.5 cm³/mol. The molecule has 2 nitrogen and oxygen atoms in total. The van der Waals surface area contributed by atoms with Gasteiger partial charge in [0.1, 0.15) is 0 Å². The first kappa shape index (κ1) is 11.9. The molecule has 0 atom stereocenters. The van der Waals surface area contributed by atoms with Gasteiger partial charge in [-0.25, -0.2) is 0 Å². The zero-order valence-corrected chi connectivity index (χ0v) is 10.4. The molecule has 3 heteroatoms. The molecule has 0 fully saturated rings. The van der Waals surface area contributed by atoms with Crippen LogP contribution in [0.1, 0.15) is 15.9 Å². The summed E-state index contributed by atoms with van der Waals surface area (Å²) in [5.41, 5.74) is 1.88. The van der Waals surface area contributed by atoms with Crippen molar-refractivity contribution in [1.29, 1.82) is 0 Å². The van der Waals surface area contributed by atoms with E-state index in [0.29, 0.717) is 11.3 Å². The number of rotatable bonds is 4. The second kappa shape index (κ2) is 5.64. The van der Waals surface area contributed by atoms with E-state index in [1.54, 1.807) is 36.3 Å². The lowest BCUT2D eigenvalue weighted by Gasteiger charge is -2.04. The number of aryl methyl sites for hydroxylation is 1. The Morgan fingerprint density at radius 2 is 2.06 bits per heavy atom. The Bertz CT molecular complexity index is 511. The van der Waals surface area contributed by atoms with Crippen molar-refractivity contribution in [3.05, 3.63) is 59.9 Å². The average Bonchev–Trinajstić information content (AvgIpc) is 2.38. The first-order valence-corrected chi connectivity index (χ1v) is 6.37. The van der Waals surface area contributed by atoms with E-state index in [4.69, 9.17) is 0 Å². The molecule has 1 heterocycles. The van der Waals surface area contributed by atoms with Crippen molar-refractivity contribution in [1.82, 2.24) is 4.98 Å². The number of pyridine rings is 1. The van der Waals surface area contributed by atoms with Gasteiger partial charge in [0.25, 0.3) is 0 Å². The molecule has 0 saturated heterocycles. The highest BCUT2D eigenvalue weighted by Crippen LogP contribution is 2.22. The Balaban J connectivity index is 2.00. The molecule has 1 aromatic heterocycles. The first-order chi connectivity index (χ1) is 8.27. The molecule has 2 aromatic rings. The van der Waals surface area contributed by atoms with Crippen LogP contribution >= 0.6 is 11.8 Å². The maximum absolute atomic E-state index is 11.9. The van der Waals surface area contributed by atoms with E-state index in [0.717, 1.165) is 4.90 Å². The number of thioether (sulfide) groups is 1. The van der Waals surface area contributed by atoms with Crippen LogP contribution in [0.4, 0.5) is 0 Å². The van der Waals surface area contributed by atoms with Gasteiger partial charge in [-0.3, -0.25) is 9.78 Å². The molecular weight excluding hydrogens is 230 g/mol. The molecule has 2 rings (SSSR count). The summed E-state index contributed by atoms with van der Waals surface area (Å²) >= 11 is 1.57. The molecule has 0 unspecified atom stereocenters. The molecule has 0 saturated carbocycles. The van der Waals surface area contributed by atoms with Crippen molar-refractivity contribution in [2.24, 2.45) is 0 Å². The lowest BCUT2D eigenvalue weighted by molar-refractivity contribution is 0.102. The Kier molecular flexibility index (Phi) is 3.94. The quantitative estimate of drug-likeness (QED) is 0.609. The Morgan fingerprint density at radius 3 is 2.76 bits per heavy atom. The summed E-state index contributed by atoms with van der Waals surface area (Å²) in [7, 11) is 0. The van der Waals surface area contributed by atoms with Gasteiger partial charge in [-0.15, -0.1) is 11.8 Å². The number of hydrogen-bond donors (Lipinski definition) is 0. The van der Waals surface area contributed by atoms with Crippen LogP contribution in [0.3, 0.4) is 0 Å². The number of carbonyl (C=O) groups is 1. The minimum atomic E-state index is 0.117. The van der Waals surface area contributed by atoms with Crippen LogP contribution in [0.2, 0.25) is 0 Å². The van der Waals surface area contributed by atoms with Crippen molar-refractivity contribution in [3.8, 4) is 0 Å². The minimum absolute atomic E-state index is 0.117. The van der Waals surface area contributed by atoms with Gasteiger partial charge in [0.05, 0.1) is 5.75 Å². The summed E-state index contributed by atoms with van der Waals surface area (Å²) in [4.78, 5) is 17.0. The number of Topliss-reactive ketones (excluding diaryl/α,β-unsaturated/α-hetero) is 1. The summed E-state index contributed by atoms with van der Waals surface area (Å²) in [6, 6.07) is 11.7. The van der Waals surface area contributed by atoms with Gasteiger partial charge in [0.2, 0.25) is 0 Å². The molecule has 86 valence electrons. The summed E-state index contributed by atoms with van der Waals surface area (Å²) in [5.74, 6) is 0.572. The molecule has 0 aliphatic heterocycles. The van der Waals surface area contributed by atoms with Crippen LogP contribution in [-0.4, -0.2) is 16.5 Å². The second-order valence-electron chi connectivity index (χ2n) is 3.72. The molecule has 17 heavy (non-hydrogen) atoms. The zero-order chi connectivity index (χ0) is 12.1. The monoisotopic (exact) mass is 243 g/mol. The molecular formula is C14H13NOS. The lowest BCUT2D eigenvalue weighted by atomic mass is 10.2. The van der Waals surface area contributed by atoms with Crippen LogP contribution in [0.25, 0.3) is 0 Å². The molecule has 1 aromatic carbocycles. The smallest absolute Gasteiger partial charge is 0.174 e. The highest BCUT2D eigenvalue weighted by atomic mass is 32.2. The molecule has 0 amide bonds. The van der Waals surface area contributed by atoms with Gasteiger partial charge in [-0.05, 0) is 30.7 Å². The maximum atomic E-state index is 11.9. The van der Waals surface area contributed by atoms with Gasteiger partial charge in [-0.2, -0.15) is 0 Å². The number of hydrogen-bond acceptors (Lipinski definition) is 3. The highest BCUT2D eigenvalue weighted by Gasteiger charge is 2.07. The van der Waals surface area contributed by atoms with Crippen LogP contribution in [-0.2, 0) is 0 Å². The fourth-order valence-electron chi connectivity index (χ4n) is 1.47. The van der Waals surface area contributed by atoms with E-state index in [1.165, 1.54) is 5.56 Å². The summed E-state index contributed by atoms with van der Waals surface area (Å²) < 4.78 is 0. The van der Waals surface area contributed by atoms with Crippen LogP contribution in [0, 0.1) is 6.92 Å².